The van der Waals surface area contributed by atoms with E-state index in [0.717, 1.165) is 45.1 Å². The van der Waals surface area contributed by atoms with E-state index in [4.69, 9.17) is 10.5 Å². The minimum absolute atomic E-state index is 0.171. The first-order valence-electron chi connectivity index (χ1n) is 7.19. The molecule has 104 valence electrons. The van der Waals surface area contributed by atoms with Crippen LogP contribution < -0.4 is 5.73 Å². The Morgan fingerprint density at radius 1 is 1.33 bits per heavy atom. The summed E-state index contributed by atoms with van der Waals surface area (Å²) in [4.78, 5) is 14.6. The average molecular weight is 254 g/mol. The highest BCUT2D eigenvalue weighted by atomic mass is 16.5. The van der Waals surface area contributed by atoms with Crippen molar-refractivity contribution in [3.63, 3.8) is 0 Å². The Balaban J connectivity index is 2.00. The molecule has 1 saturated heterocycles. The van der Waals surface area contributed by atoms with Crippen molar-refractivity contribution in [2.45, 2.75) is 69.6 Å². The van der Waals surface area contributed by atoms with Crippen LogP contribution in [0.4, 0.5) is 0 Å². The maximum absolute atomic E-state index is 12.6. The number of ether oxygens (including phenoxy) is 1. The second-order valence-corrected chi connectivity index (χ2v) is 5.95. The van der Waals surface area contributed by atoms with Crippen LogP contribution >= 0.6 is 0 Å². The molecule has 0 spiro atoms. The monoisotopic (exact) mass is 254 g/mol. The lowest BCUT2D eigenvalue weighted by Gasteiger charge is -2.43. The highest BCUT2D eigenvalue weighted by Gasteiger charge is 2.41. The van der Waals surface area contributed by atoms with E-state index in [1.807, 2.05) is 4.90 Å². The van der Waals surface area contributed by atoms with Crippen molar-refractivity contribution in [2.24, 2.45) is 5.73 Å². The first-order valence-corrected chi connectivity index (χ1v) is 7.19. The van der Waals surface area contributed by atoms with Gasteiger partial charge < -0.3 is 15.4 Å². The van der Waals surface area contributed by atoms with Crippen molar-refractivity contribution in [1.29, 1.82) is 0 Å². The van der Waals surface area contributed by atoms with Gasteiger partial charge in [0.1, 0.15) is 0 Å². The summed E-state index contributed by atoms with van der Waals surface area (Å²) in [6.45, 7) is 2.90. The summed E-state index contributed by atoms with van der Waals surface area (Å²) >= 11 is 0. The minimum Gasteiger partial charge on any atom is -0.381 e. The van der Waals surface area contributed by atoms with Crippen LogP contribution in [0, 0.1) is 0 Å². The molecule has 1 aliphatic heterocycles. The topological polar surface area (TPSA) is 55.6 Å². The fourth-order valence-corrected chi connectivity index (χ4v) is 3.33. The highest BCUT2D eigenvalue weighted by Crippen LogP contribution is 2.30. The summed E-state index contributed by atoms with van der Waals surface area (Å²) in [6, 6.07) is 0.249. The van der Waals surface area contributed by atoms with Crippen LogP contribution in [0.25, 0.3) is 0 Å². The number of carbonyl (C=O) groups excluding carboxylic acids is 1. The van der Waals surface area contributed by atoms with E-state index in [2.05, 4.69) is 6.92 Å². The number of amides is 1. The van der Waals surface area contributed by atoms with Crippen molar-refractivity contribution >= 4 is 5.91 Å². The molecule has 1 saturated carbocycles. The zero-order valence-electron chi connectivity index (χ0n) is 11.7. The standard InChI is InChI=1S/C14H26N2O2/c1-11-10-12(18-2)6-9-16(11)13(17)14(15)7-4-3-5-8-14/h11-12H,3-10,15H2,1-2H3. The Bertz CT molecular complexity index is 300. The van der Waals surface area contributed by atoms with Gasteiger partial charge in [-0.15, -0.1) is 0 Å². The van der Waals surface area contributed by atoms with Crippen molar-refractivity contribution in [3.8, 4) is 0 Å². The zero-order chi connectivity index (χ0) is 13.2. The van der Waals surface area contributed by atoms with Gasteiger partial charge in [0.05, 0.1) is 11.6 Å². The quantitative estimate of drug-likeness (QED) is 0.815. The Morgan fingerprint density at radius 3 is 2.56 bits per heavy atom. The van der Waals surface area contributed by atoms with Crippen molar-refractivity contribution < 1.29 is 9.53 Å². The van der Waals surface area contributed by atoms with E-state index in [0.29, 0.717) is 6.10 Å². The summed E-state index contributed by atoms with van der Waals surface area (Å²) in [5, 5.41) is 0. The van der Waals surface area contributed by atoms with Gasteiger partial charge >= 0.3 is 0 Å². The fraction of sp³-hybridized carbons (Fsp3) is 0.929. The molecule has 2 N–H and O–H groups in total. The van der Waals surface area contributed by atoms with Crippen LogP contribution in [-0.4, -0.2) is 42.1 Å². The summed E-state index contributed by atoms with van der Waals surface area (Å²) in [6.07, 6.45) is 7.25. The van der Waals surface area contributed by atoms with E-state index >= 15 is 0 Å². The molecular weight excluding hydrogens is 228 g/mol. The van der Waals surface area contributed by atoms with Gasteiger partial charge in [0.15, 0.2) is 0 Å². The van der Waals surface area contributed by atoms with Crippen LogP contribution in [0.15, 0.2) is 0 Å². The first-order chi connectivity index (χ1) is 8.57. The number of nitrogens with zero attached hydrogens (tertiary/aromatic N) is 1. The van der Waals surface area contributed by atoms with Gasteiger partial charge in [0.2, 0.25) is 5.91 Å². The highest BCUT2D eigenvalue weighted by molar-refractivity contribution is 5.86. The number of hydrogen-bond acceptors (Lipinski definition) is 3. The molecular formula is C14H26N2O2. The molecule has 2 unspecified atom stereocenters. The second-order valence-electron chi connectivity index (χ2n) is 5.95. The number of nitrogens with two attached hydrogens (primary N) is 1. The fourth-order valence-electron chi connectivity index (χ4n) is 3.33. The van der Waals surface area contributed by atoms with Gasteiger partial charge in [-0.2, -0.15) is 0 Å². The number of likely N-dealkylation sites (tertiary alicyclic amines) is 1. The van der Waals surface area contributed by atoms with E-state index in [1.165, 1.54) is 6.42 Å². The van der Waals surface area contributed by atoms with Crippen molar-refractivity contribution in [3.05, 3.63) is 0 Å². The molecule has 2 rings (SSSR count). The van der Waals surface area contributed by atoms with Crippen LogP contribution in [-0.2, 0) is 9.53 Å². The van der Waals surface area contributed by atoms with E-state index in [9.17, 15) is 4.79 Å². The van der Waals surface area contributed by atoms with Crippen molar-refractivity contribution in [1.82, 2.24) is 4.90 Å². The predicted molar refractivity (Wildman–Crippen MR) is 71.2 cm³/mol. The van der Waals surface area contributed by atoms with Crippen LogP contribution in [0.2, 0.25) is 0 Å². The molecule has 0 aromatic rings. The number of carbonyl (C=O) groups is 1. The molecule has 2 aliphatic rings. The van der Waals surface area contributed by atoms with Gasteiger partial charge in [0, 0.05) is 19.7 Å². The van der Waals surface area contributed by atoms with Crippen molar-refractivity contribution in [2.75, 3.05) is 13.7 Å². The average Bonchev–Trinajstić information content (AvgIpc) is 2.38. The Labute approximate surface area is 110 Å². The summed E-state index contributed by atoms with van der Waals surface area (Å²) in [5.74, 6) is 0.171. The summed E-state index contributed by atoms with van der Waals surface area (Å²) in [7, 11) is 1.75. The number of hydrogen-bond donors (Lipinski definition) is 1. The van der Waals surface area contributed by atoms with E-state index in [-0.39, 0.29) is 11.9 Å². The molecule has 1 aliphatic carbocycles. The van der Waals surface area contributed by atoms with Crippen LogP contribution in [0.1, 0.15) is 51.9 Å². The lowest BCUT2D eigenvalue weighted by Crippen LogP contribution is -2.60. The van der Waals surface area contributed by atoms with Gasteiger partial charge in [-0.05, 0) is 32.6 Å². The van der Waals surface area contributed by atoms with Gasteiger partial charge in [-0.1, -0.05) is 19.3 Å². The summed E-state index contributed by atoms with van der Waals surface area (Å²) in [5.41, 5.74) is 5.75. The largest absolute Gasteiger partial charge is 0.381 e. The normalized spacial score (nSPS) is 32.3. The van der Waals surface area contributed by atoms with E-state index in [1.54, 1.807) is 7.11 Å². The number of piperidine rings is 1. The Kier molecular flexibility index (Phi) is 4.28. The first kappa shape index (κ1) is 13.8. The van der Waals surface area contributed by atoms with Gasteiger partial charge in [-0.3, -0.25) is 4.79 Å². The molecule has 2 fully saturated rings. The molecule has 0 aromatic carbocycles. The van der Waals surface area contributed by atoms with Gasteiger partial charge in [0.25, 0.3) is 0 Å². The molecule has 4 heteroatoms. The minimum atomic E-state index is -0.591. The maximum atomic E-state index is 12.6. The molecule has 1 amide bonds. The Hall–Kier alpha value is -0.610. The lowest BCUT2D eigenvalue weighted by atomic mass is 9.80. The lowest BCUT2D eigenvalue weighted by molar-refractivity contribution is -0.143. The molecule has 0 bridgehead atoms. The third kappa shape index (κ3) is 2.69. The summed E-state index contributed by atoms with van der Waals surface area (Å²) < 4.78 is 5.39. The van der Waals surface area contributed by atoms with Crippen LogP contribution in [0.5, 0.6) is 0 Å². The maximum Gasteiger partial charge on any atom is 0.242 e. The number of rotatable bonds is 2. The SMILES string of the molecule is COC1CCN(C(=O)C2(N)CCCCC2)C(C)C1. The molecule has 0 aromatic heterocycles. The number of methoxy groups -OCH3 is 1. The van der Waals surface area contributed by atoms with E-state index < -0.39 is 5.54 Å². The second kappa shape index (κ2) is 5.57. The molecule has 0 radical (unpaired) electrons. The smallest absolute Gasteiger partial charge is 0.242 e. The zero-order valence-corrected chi connectivity index (χ0v) is 11.7. The molecule has 1 heterocycles. The molecule has 4 nitrogen and oxygen atoms in total. The third-order valence-corrected chi connectivity index (χ3v) is 4.59. The van der Waals surface area contributed by atoms with Gasteiger partial charge in [-0.25, -0.2) is 0 Å². The van der Waals surface area contributed by atoms with Crippen LogP contribution in [0.3, 0.4) is 0 Å². The Morgan fingerprint density at radius 2 is 2.00 bits per heavy atom. The predicted octanol–water partition coefficient (Wildman–Crippen LogP) is 1.67. The molecule has 2 atom stereocenters. The third-order valence-electron chi connectivity index (χ3n) is 4.59. The molecule has 18 heavy (non-hydrogen) atoms.